The van der Waals surface area contributed by atoms with Crippen molar-refractivity contribution in [2.45, 2.75) is 4.90 Å². The quantitative estimate of drug-likeness (QED) is 0.557. The summed E-state index contributed by atoms with van der Waals surface area (Å²) in [5.74, 6) is 0.680. The fraction of sp³-hybridized carbons (Fsp3) is 0.143. The van der Waals surface area contributed by atoms with Crippen molar-refractivity contribution in [3.8, 4) is 5.75 Å². The molecule has 1 unspecified atom stereocenters. The van der Waals surface area contributed by atoms with Crippen molar-refractivity contribution in [1.29, 1.82) is 0 Å². The Hall–Kier alpha value is 0.130. The van der Waals surface area contributed by atoms with Crippen molar-refractivity contribution in [3.05, 3.63) is 24.3 Å². The molecule has 1 atom stereocenters. The molecular formula is C7H9NaO3S. The summed E-state index contributed by atoms with van der Waals surface area (Å²) in [4.78, 5) is 0.380. The topological polar surface area (TPSA) is 46.5 Å². The number of hydrogen-bond donors (Lipinski definition) is 1. The summed E-state index contributed by atoms with van der Waals surface area (Å²) in [6, 6.07) is 6.39. The Morgan fingerprint density at radius 1 is 1.33 bits per heavy atom. The van der Waals surface area contributed by atoms with Gasteiger partial charge < -0.3 is 9.29 Å². The first-order chi connectivity index (χ1) is 5.24. The van der Waals surface area contributed by atoms with Gasteiger partial charge >= 0.3 is 29.6 Å². The Balaban J connectivity index is 0.00000121. The summed E-state index contributed by atoms with van der Waals surface area (Å²) >= 11 is -1.89. The van der Waals surface area contributed by atoms with Crippen LogP contribution in [0.1, 0.15) is 0 Å². The maximum absolute atomic E-state index is 10.5. The summed E-state index contributed by atoms with van der Waals surface area (Å²) < 4.78 is 24.0. The molecule has 62 valence electrons. The first-order valence-electron chi connectivity index (χ1n) is 2.99. The average molecular weight is 196 g/mol. The van der Waals surface area contributed by atoms with E-state index in [4.69, 9.17) is 9.29 Å². The monoisotopic (exact) mass is 196 g/mol. The van der Waals surface area contributed by atoms with Crippen molar-refractivity contribution in [1.82, 2.24) is 0 Å². The molecule has 0 saturated carbocycles. The normalized spacial score (nSPS) is 11.5. The van der Waals surface area contributed by atoms with Crippen LogP contribution in [-0.4, -0.2) is 45.4 Å². The van der Waals surface area contributed by atoms with Crippen LogP contribution in [0.2, 0.25) is 0 Å². The molecule has 0 spiro atoms. The van der Waals surface area contributed by atoms with E-state index in [1.165, 1.54) is 0 Å². The van der Waals surface area contributed by atoms with Crippen LogP contribution in [0.5, 0.6) is 5.75 Å². The van der Waals surface area contributed by atoms with Gasteiger partial charge in [-0.3, -0.25) is 0 Å². The molecule has 0 amide bonds. The van der Waals surface area contributed by atoms with E-state index in [2.05, 4.69) is 0 Å². The van der Waals surface area contributed by atoms with Gasteiger partial charge in [-0.1, -0.05) is 0 Å². The van der Waals surface area contributed by atoms with Crippen molar-refractivity contribution in [2.75, 3.05) is 7.11 Å². The zero-order valence-electron chi connectivity index (χ0n) is 5.98. The predicted molar refractivity (Wildman–Crippen MR) is 49.2 cm³/mol. The number of methoxy groups -OCH3 is 1. The van der Waals surface area contributed by atoms with E-state index in [-0.39, 0.29) is 29.6 Å². The fourth-order valence-corrected chi connectivity index (χ4v) is 1.06. The molecule has 1 N–H and O–H groups in total. The van der Waals surface area contributed by atoms with E-state index in [1.807, 2.05) is 0 Å². The molecule has 3 nitrogen and oxygen atoms in total. The summed E-state index contributed by atoms with van der Waals surface area (Å²) in [6.45, 7) is 0. The number of ether oxygens (including phenoxy) is 1. The second-order valence-corrected chi connectivity index (χ2v) is 2.89. The van der Waals surface area contributed by atoms with Crippen molar-refractivity contribution < 1.29 is 13.5 Å². The molecule has 5 heteroatoms. The Bertz CT molecular complexity index is 260. The molecule has 0 fully saturated rings. The third-order valence-electron chi connectivity index (χ3n) is 1.26. The van der Waals surface area contributed by atoms with Gasteiger partial charge in [0.15, 0.2) is 11.1 Å². The van der Waals surface area contributed by atoms with E-state index in [0.717, 1.165) is 0 Å². The van der Waals surface area contributed by atoms with Crippen molar-refractivity contribution >= 4 is 40.6 Å². The Labute approximate surface area is 95.7 Å². The van der Waals surface area contributed by atoms with Crippen LogP contribution in [0.25, 0.3) is 0 Å². The summed E-state index contributed by atoms with van der Waals surface area (Å²) in [5.41, 5.74) is 0. The van der Waals surface area contributed by atoms with Gasteiger partial charge in [-0.25, -0.2) is 4.21 Å². The Kier molecular flexibility index (Phi) is 5.78. The van der Waals surface area contributed by atoms with Crippen LogP contribution >= 0.6 is 0 Å². The zero-order chi connectivity index (χ0) is 8.27. The minimum atomic E-state index is -1.89. The fourth-order valence-electron chi connectivity index (χ4n) is 0.692. The van der Waals surface area contributed by atoms with E-state index >= 15 is 0 Å². The number of hydrogen-bond acceptors (Lipinski definition) is 2. The van der Waals surface area contributed by atoms with Crippen molar-refractivity contribution in [3.63, 3.8) is 0 Å². The van der Waals surface area contributed by atoms with Crippen LogP contribution < -0.4 is 4.74 Å². The van der Waals surface area contributed by atoms with Crippen LogP contribution in [0.15, 0.2) is 29.2 Å². The molecule has 1 aromatic carbocycles. The average Bonchev–Trinajstić information content (AvgIpc) is 2.05. The van der Waals surface area contributed by atoms with E-state index in [9.17, 15) is 4.21 Å². The maximum atomic E-state index is 10.5. The Morgan fingerprint density at radius 3 is 2.17 bits per heavy atom. The minimum absolute atomic E-state index is 0. The van der Waals surface area contributed by atoms with Crippen LogP contribution in [0.4, 0.5) is 0 Å². The second kappa shape index (κ2) is 5.72. The molecular weight excluding hydrogens is 187 g/mol. The second-order valence-electron chi connectivity index (χ2n) is 1.92. The van der Waals surface area contributed by atoms with Gasteiger partial charge in [0.1, 0.15) is 5.75 Å². The third kappa shape index (κ3) is 3.25. The van der Waals surface area contributed by atoms with Gasteiger partial charge in [-0.2, -0.15) is 0 Å². The molecule has 0 aromatic heterocycles. The van der Waals surface area contributed by atoms with Crippen molar-refractivity contribution in [2.24, 2.45) is 0 Å². The van der Waals surface area contributed by atoms with Gasteiger partial charge in [0.25, 0.3) is 0 Å². The van der Waals surface area contributed by atoms with E-state index in [0.29, 0.717) is 10.6 Å². The van der Waals surface area contributed by atoms with Gasteiger partial charge in [-0.05, 0) is 24.3 Å². The molecule has 12 heavy (non-hydrogen) atoms. The van der Waals surface area contributed by atoms with Crippen LogP contribution in [-0.2, 0) is 11.1 Å². The van der Waals surface area contributed by atoms with E-state index in [1.54, 1.807) is 31.4 Å². The molecule has 0 aliphatic rings. The zero-order valence-corrected chi connectivity index (χ0v) is 6.80. The molecule has 0 radical (unpaired) electrons. The van der Waals surface area contributed by atoms with Crippen LogP contribution in [0, 0.1) is 0 Å². The van der Waals surface area contributed by atoms with Gasteiger partial charge in [0.05, 0.1) is 12.0 Å². The molecule has 0 bridgehead atoms. The number of rotatable bonds is 2. The number of benzene rings is 1. The Morgan fingerprint density at radius 2 is 1.83 bits per heavy atom. The first kappa shape index (κ1) is 12.1. The summed E-state index contributed by atoms with van der Waals surface area (Å²) in [5, 5.41) is 0. The summed E-state index contributed by atoms with van der Waals surface area (Å²) in [6.07, 6.45) is 0. The van der Waals surface area contributed by atoms with E-state index < -0.39 is 11.1 Å². The molecule has 0 aliphatic carbocycles. The molecule has 1 aromatic rings. The van der Waals surface area contributed by atoms with Crippen LogP contribution in [0.3, 0.4) is 0 Å². The van der Waals surface area contributed by atoms with Gasteiger partial charge in [0, 0.05) is 0 Å². The molecule has 0 heterocycles. The predicted octanol–water partition coefficient (Wildman–Crippen LogP) is 0.627. The molecule has 0 saturated heterocycles. The first-order valence-corrected chi connectivity index (χ1v) is 4.09. The molecule has 0 aliphatic heterocycles. The molecule has 1 rings (SSSR count). The van der Waals surface area contributed by atoms with Gasteiger partial charge in [-0.15, -0.1) is 0 Å². The third-order valence-corrected chi connectivity index (χ3v) is 1.94. The standard InChI is InChI=1S/C7H8O3S.Na.H/c1-10-6-2-4-7(5-3-6)11(8)9;;/h2-5H,1H3,(H,8,9);;. The van der Waals surface area contributed by atoms with Gasteiger partial charge in [0.2, 0.25) is 0 Å². The SMILES string of the molecule is COc1ccc(S(=O)O)cc1.[NaH]. The summed E-state index contributed by atoms with van der Waals surface area (Å²) in [7, 11) is 1.55.